The summed E-state index contributed by atoms with van der Waals surface area (Å²) in [6.45, 7) is 2.20. The highest BCUT2D eigenvalue weighted by molar-refractivity contribution is 7.91. The average Bonchev–Trinajstić information content (AvgIpc) is 3.03. The lowest BCUT2D eigenvalue weighted by atomic mass is 10.2. The van der Waals surface area contributed by atoms with Gasteiger partial charge in [-0.3, -0.25) is 4.79 Å². The van der Waals surface area contributed by atoms with Gasteiger partial charge < -0.3 is 4.90 Å². The van der Waals surface area contributed by atoms with E-state index < -0.39 is 10.0 Å². The van der Waals surface area contributed by atoms with Gasteiger partial charge in [0.05, 0.1) is 0 Å². The fourth-order valence-electron chi connectivity index (χ4n) is 1.98. The van der Waals surface area contributed by atoms with Crippen LogP contribution in [0.25, 0.3) is 0 Å². The van der Waals surface area contributed by atoms with Crippen LogP contribution in [0.4, 0.5) is 0 Å². The maximum Gasteiger partial charge on any atom is 0.250 e. The summed E-state index contributed by atoms with van der Waals surface area (Å²) in [5.41, 5.74) is 0.825. The minimum atomic E-state index is -3.51. The van der Waals surface area contributed by atoms with Gasteiger partial charge in [0, 0.05) is 31.6 Å². The van der Waals surface area contributed by atoms with E-state index in [-0.39, 0.29) is 23.2 Å². The third-order valence-corrected chi connectivity index (χ3v) is 6.43. The number of hydrogen-bond donors (Lipinski definition) is 1. The zero-order valence-electron chi connectivity index (χ0n) is 12.5. The van der Waals surface area contributed by atoms with Gasteiger partial charge >= 0.3 is 0 Å². The smallest absolute Gasteiger partial charge is 0.250 e. The van der Waals surface area contributed by atoms with Gasteiger partial charge in [0.15, 0.2) is 0 Å². The van der Waals surface area contributed by atoms with Crippen molar-refractivity contribution in [1.29, 1.82) is 0 Å². The topological polar surface area (TPSA) is 66.5 Å². The average molecular weight is 373 g/mol. The number of hydrogen-bond acceptors (Lipinski definition) is 4. The Labute approximate surface area is 144 Å². The molecule has 1 aromatic carbocycles. The Balaban J connectivity index is 1.96. The van der Waals surface area contributed by atoms with Crippen molar-refractivity contribution in [3.63, 3.8) is 0 Å². The van der Waals surface area contributed by atoms with Crippen molar-refractivity contribution in [3.05, 3.63) is 52.4 Å². The van der Waals surface area contributed by atoms with Crippen molar-refractivity contribution < 1.29 is 13.2 Å². The Hall–Kier alpha value is -1.41. The van der Waals surface area contributed by atoms with Crippen LogP contribution in [-0.4, -0.2) is 32.3 Å². The zero-order chi connectivity index (χ0) is 16.9. The number of thiophene rings is 1. The number of nitrogens with zero attached hydrogens (tertiary/aromatic N) is 1. The first-order valence-corrected chi connectivity index (χ1v) is 9.66. The summed E-state index contributed by atoms with van der Waals surface area (Å²) < 4.78 is 26.8. The molecule has 0 aliphatic heterocycles. The Kier molecular flexibility index (Phi) is 6.17. The molecule has 2 aromatic rings. The first-order chi connectivity index (χ1) is 10.9. The first-order valence-electron chi connectivity index (χ1n) is 6.92. The van der Waals surface area contributed by atoms with Gasteiger partial charge in [0.2, 0.25) is 15.9 Å². The molecular weight excluding hydrogens is 356 g/mol. The van der Waals surface area contributed by atoms with E-state index in [4.69, 9.17) is 11.6 Å². The number of carbonyl (C=O) groups is 1. The zero-order valence-corrected chi connectivity index (χ0v) is 14.9. The first kappa shape index (κ1) is 17.9. The number of amides is 1. The van der Waals surface area contributed by atoms with Gasteiger partial charge in [-0.2, -0.15) is 0 Å². The van der Waals surface area contributed by atoms with Crippen molar-refractivity contribution in [3.8, 4) is 0 Å². The number of benzene rings is 1. The molecule has 0 bridgehead atoms. The Morgan fingerprint density at radius 1 is 1.26 bits per heavy atom. The summed E-state index contributed by atoms with van der Waals surface area (Å²) >= 11 is 7.25. The highest BCUT2D eigenvalue weighted by Gasteiger charge is 2.16. The van der Waals surface area contributed by atoms with Gasteiger partial charge in [-0.15, -0.1) is 11.3 Å². The number of halogens is 1. The van der Waals surface area contributed by atoms with Crippen molar-refractivity contribution >= 4 is 38.9 Å². The third kappa shape index (κ3) is 5.04. The molecular formula is C15H17ClN2O3S2. The van der Waals surface area contributed by atoms with Gasteiger partial charge in [0.1, 0.15) is 4.21 Å². The maximum absolute atomic E-state index is 12.0. The molecule has 2 rings (SSSR count). The molecule has 23 heavy (non-hydrogen) atoms. The molecule has 1 N–H and O–H groups in total. The second-order valence-corrected chi connectivity index (χ2v) is 8.21. The highest BCUT2D eigenvalue weighted by Crippen LogP contribution is 2.17. The van der Waals surface area contributed by atoms with Crippen molar-refractivity contribution in [2.45, 2.75) is 17.7 Å². The molecule has 0 fully saturated rings. The van der Waals surface area contributed by atoms with Crippen LogP contribution in [0.2, 0.25) is 5.02 Å². The van der Waals surface area contributed by atoms with Gasteiger partial charge in [-0.25, -0.2) is 13.1 Å². The third-order valence-electron chi connectivity index (χ3n) is 3.20. The molecule has 124 valence electrons. The van der Waals surface area contributed by atoms with E-state index in [1.165, 1.54) is 6.92 Å². The Morgan fingerprint density at radius 3 is 2.61 bits per heavy atom. The predicted molar refractivity (Wildman–Crippen MR) is 92.1 cm³/mol. The number of nitrogens with one attached hydrogen (secondary N) is 1. The van der Waals surface area contributed by atoms with E-state index in [1.807, 2.05) is 18.2 Å². The quantitative estimate of drug-likeness (QED) is 0.812. The van der Waals surface area contributed by atoms with E-state index >= 15 is 0 Å². The van der Waals surface area contributed by atoms with E-state index in [0.29, 0.717) is 11.6 Å². The molecule has 0 saturated heterocycles. The van der Waals surface area contributed by atoms with Crippen LogP contribution in [0.3, 0.4) is 0 Å². The SMILES string of the molecule is CC(=O)N(CCNS(=O)(=O)c1cccs1)Cc1ccccc1Cl. The van der Waals surface area contributed by atoms with Crippen LogP contribution < -0.4 is 4.72 Å². The predicted octanol–water partition coefficient (Wildman–Crippen LogP) is 2.73. The lowest BCUT2D eigenvalue weighted by Crippen LogP contribution is -2.37. The largest absolute Gasteiger partial charge is 0.337 e. The van der Waals surface area contributed by atoms with Crippen LogP contribution >= 0.6 is 22.9 Å². The van der Waals surface area contributed by atoms with E-state index in [1.54, 1.807) is 28.5 Å². The van der Waals surface area contributed by atoms with E-state index in [0.717, 1.165) is 16.9 Å². The van der Waals surface area contributed by atoms with Crippen molar-refractivity contribution in [1.82, 2.24) is 9.62 Å². The summed E-state index contributed by atoms with van der Waals surface area (Å²) in [4.78, 5) is 13.3. The summed E-state index contributed by atoms with van der Waals surface area (Å²) in [5, 5.41) is 2.28. The van der Waals surface area contributed by atoms with Gasteiger partial charge in [-0.05, 0) is 23.1 Å². The lowest BCUT2D eigenvalue weighted by Gasteiger charge is -2.21. The normalized spacial score (nSPS) is 11.4. The molecule has 5 nitrogen and oxygen atoms in total. The molecule has 0 radical (unpaired) electrons. The van der Waals surface area contributed by atoms with Crippen LogP contribution in [0.1, 0.15) is 12.5 Å². The second kappa shape index (κ2) is 7.92. The summed E-state index contributed by atoms with van der Waals surface area (Å²) in [7, 11) is -3.51. The summed E-state index contributed by atoms with van der Waals surface area (Å²) in [6, 6.07) is 10.5. The second-order valence-electron chi connectivity index (χ2n) is 4.86. The lowest BCUT2D eigenvalue weighted by molar-refractivity contribution is -0.129. The summed E-state index contributed by atoms with van der Waals surface area (Å²) in [6.07, 6.45) is 0. The molecule has 0 atom stereocenters. The molecule has 0 unspecified atom stereocenters. The van der Waals surface area contributed by atoms with Crippen LogP contribution in [0, 0.1) is 0 Å². The number of carbonyl (C=O) groups excluding carboxylic acids is 1. The Bertz CT molecular complexity index is 761. The van der Waals surface area contributed by atoms with Gasteiger partial charge in [0.25, 0.3) is 0 Å². The van der Waals surface area contributed by atoms with Gasteiger partial charge in [-0.1, -0.05) is 35.9 Å². The molecule has 1 heterocycles. The minimum absolute atomic E-state index is 0.139. The van der Waals surface area contributed by atoms with Crippen molar-refractivity contribution in [2.24, 2.45) is 0 Å². The monoisotopic (exact) mass is 372 g/mol. The highest BCUT2D eigenvalue weighted by atomic mass is 35.5. The van der Waals surface area contributed by atoms with E-state index in [9.17, 15) is 13.2 Å². The maximum atomic E-state index is 12.0. The molecule has 0 aliphatic rings. The molecule has 1 amide bonds. The Morgan fingerprint density at radius 2 is 2.00 bits per heavy atom. The van der Waals surface area contributed by atoms with Crippen LogP contribution in [0.15, 0.2) is 46.0 Å². The molecule has 0 spiro atoms. The molecule has 8 heteroatoms. The summed E-state index contributed by atoms with van der Waals surface area (Å²) in [5.74, 6) is -0.139. The fraction of sp³-hybridized carbons (Fsp3) is 0.267. The standard InChI is InChI=1S/C15H17ClN2O3S2/c1-12(19)18(11-13-5-2-3-6-14(13)16)9-8-17-23(20,21)15-7-4-10-22-15/h2-7,10,17H,8-9,11H2,1H3. The minimum Gasteiger partial charge on any atom is -0.337 e. The fourth-order valence-corrected chi connectivity index (χ4v) is 4.24. The number of rotatable bonds is 7. The van der Waals surface area contributed by atoms with E-state index in [2.05, 4.69) is 4.72 Å². The molecule has 0 aliphatic carbocycles. The number of sulfonamides is 1. The van der Waals surface area contributed by atoms with Crippen molar-refractivity contribution in [2.75, 3.05) is 13.1 Å². The molecule has 0 saturated carbocycles. The van der Waals surface area contributed by atoms with Crippen LogP contribution in [0.5, 0.6) is 0 Å². The molecule has 1 aromatic heterocycles. The van der Waals surface area contributed by atoms with Crippen LogP contribution in [-0.2, 0) is 21.4 Å².